The number of hydrogen-bond acceptors (Lipinski definition) is 4. The van der Waals surface area contributed by atoms with Crippen LogP contribution in [0.4, 0.5) is 10.5 Å². The van der Waals surface area contributed by atoms with Gasteiger partial charge in [-0.1, -0.05) is 37.0 Å². The quantitative estimate of drug-likeness (QED) is 0.429. The van der Waals surface area contributed by atoms with E-state index < -0.39 is 6.03 Å². The van der Waals surface area contributed by atoms with Crippen molar-refractivity contribution in [2.75, 3.05) is 18.5 Å². The molecule has 0 aliphatic rings. The summed E-state index contributed by atoms with van der Waals surface area (Å²) < 4.78 is 11.4. The lowest BCUT2D eigenvalue weighted by atomic mass is 10.2. The van der Waals surface area contributed by atoms with E-state index in [1.54, 1.807) is 36.4 Å². The number of ether oxygens (including phenoxy) is 2. The average molecular weight is 424 g/mol. The first-order valence-electron chi connectivity index (χ1n) is 8.83. The zero-order valence-corrected chi connectivity index (χ0v) is 17.5. The van der Waals surface area contributed by atoms with Crippen molar-refractivity contribution in [3.8, 4) is 11.5 Å². The molecule has 0 aliphatic carbocycles. The fourth-order valence-electron chi connectivity index (χ4n) is 2.17. The summed E-state index contributed by atoms with van der Waals surface area (Å²) in [6.45, 7) is 6.98. The minimum Gasteiger partial charge on any atom is -0.490 e. The van der Waals surface area contributed by atoms with E-state index in [0.29, 0.717) is 51.9 Å². The van der Waals surface area contributed by atoms with Gasteiger partial charge in [-0.3, -0.25) is 0 Å². The number of amides is 2. The Bertz CT molecular complexity index is 824. The molecule has 150 valence electrons. The summed E-state index contributed by atoms with van der Waals surface area (Å²) in [4.78, 5) is 11.9. The summed E-state index contributed by atoms with van der Waals surface area (Å²) in [5, 5.41) is 7.58. The van der Waals surface area contributed by atoms with E-state index in [9.17, 15) is 4.79 Å². The number of rotatable bonds is 8. The van der Waals surface area contributed by atoms with Crippen LogP contribution >= 0.6 is 23.2 Å². The smallest absolute Gasteiger partial charge is 0.339 e. The van der Waals surface area contributed by atoms with Crippen LogP contribution < -0.4 is 20.2 Å². The molecule has 0 aromatic heterocycles. The summed E-state index contributed by atoms with van der Waals surface area (Å²) in [5.74, 6) is 1.39. The molecule has 0 saturated carbocycles. The zero-order chi connectivity index (χ0) is 20.5. The molecule has 0 fully saturated rings. The van der Waals surface area contributed by atoms with Crippen LogP contribution in [0.3, 0.4) is 0 Å². The SMILES string of the molecule is CCOc1cc(/C=N\NC(=O)Nc2ccc(Cl)cc2)cc(Cl)c1OCC(C)C. The predicted octanol–water partition coefficient (Wildman–Crippen LogP) is 5.58. The lowest BCUT2D eigenvalue weighted by Gasteiger charge is -2.15. The predicted molar refractivity (Wildman–Crippen MR) is 114 cm³/mol. The Morgan fingerprint density at radius 2 is 1.89 bits per heavy atom. The first kappa shape index (κ1) is 21.9. The molecule has 0 bridgehead atoms. The molecule has 2 N–H and O–H groups in total. The fraction of sp³-hybridized carbons (Fsp3) is 0.300. The molecule has 28 heavy (non-hydrogen) atoms. The molecule has 2 aromatic carbocycles. The van der Waals surface area contributed by atoms with E-state index in [-0.39, 0.29) is 0 Å². The Morgan fingerprint density at radius 3 is 2.54 bits per heavy atom. The number of carbonyl (C=O) groups is 1. The van der Waals surface area contributed by atoms with Crippen LogP contribution in [0.2, 0.25) is 10.0 Å². The maximum atomic E-state index is 11.9. The molecule has 2 amide bonds. The monoisotopic (exact) mass is 423 g/mol. The number of anilines is 1. The third-order valence-electron chi connectivity index (χ3n) is 3.37. The van der Waals surface area contributed by atoms with E-state index in [4.69, 9.17) is 32.7 Å². The third kappa shape index (κ3) is 6.94. The normalized spacial score (nSPS) is 10.9. The van der Waals surface area contributed by atoms with Crippen molar-refractivity contribution in [2.24, 2.45) is 11.0 Å². The van der Waals surface area contributed by atoms with Gasteiger partial charge in [-0.15, -0.1) is 0 Å². The average Bonchev–Trinajstić information content (AvgIpc) is 2.63. The second kappa shape index (κ2) is 10.8. The highest BCUT2D eigenvalue weighted by atomic mass is 35.5. The maximum absolute atomic E-state index is 11.9. The van der Waals surface area contributed by atoms with E-state index in [1.165, 1.54) is 6.21 Å². The van der Waals surface area contributed by atoms with Crippen molar-refractivity contribution in [3.63, 3.8) is 0 Å². The fourth-order valence-corrected chi connectivity index (χ4v) is 2.57. The third-order valence-corrected chi connectivity index (χ3v) is 3.91. The van der Waals surface area contributed by atoms with Gasteiger partial charge in [-0.05, 0) is 54.8 Å². The highest BCUT2D eigenvalue weighted by molar-refractivity contribution is 6.32. The number of halogens is 2. The number of nitrogens with zero attached hydrogens (tertiary/aromatic N) is 1. The van der Waals surface area contributed by atoms with Crippen LogP contribution in [0, 0.1) is 5.92 Å². The molecule has 0 atom stereocenters. The lowest BCUT2D eigenvalue weighted by molar-refractivity contribution is 0.248. The summed E-state index contributed by atoms with van der Waals surface area (Å²) in [6.07, 6.45) is 1.47. The summed E-state index contributed by atoms with van der Waals surface area (Å²) in [6, 6.07) is 9.72. The Balaban J connectivity index is 2.03. The molecule has 0 unspecified atom stereocenters. The van der Waals surface area contributed by atoms with E-state index in [0.717, 1.165) is 0 Å². The number of nitrogens with one attached hydrogen (secondary N) is 2. The maximum Gasteiger partial charge on any atom is 0.339 e. The number of carbonyl (C=O) groups excluding carboxylic acids is 1. The first-order valence-corrected chi connectivity index (χ1v) is 9.59. The molecule has 0 saturated heterocycles. The Morgan fingerprint density at radius 1 is 1.18 bits per heavy atom. The standard InChI is InChI=1S/C20H23Cl2N3O3/c1-4-27-18-10-14(9-17(22)19(18)28-12-13(2)3)11-23-25-20(26)24-16-7-5-15(21)6-8-16/h5-11,13H,4,12H2,1-3H3,(H2,24,25,26)/b23-11-. The first-order chi connectivity index (χ1) is 13.4. The Hall–Kier alpha value is -2.44. The van der Waals surface area contributed by atoms with Crippen LogP contribution in [-0.2, 0) is 0 Å². The van der Waals surface area contributed by atoms with Crippen LogP contribution in [-0.4, -0.2) is 25.5 Å². The number of benzene rings is 2. The van der Waals surface area contributed by atoms with Gasteiger partial charge in [0.05, 0.1) is 24.5 Å². The van der Waals surface area contributed by atoms with Gasteiger partial charge in [0.2, 0.25) is 0 Å². The molecular weight excluding hydrogens is 401 g/mol. The van der Waals surface area contributed by atoms with Crippen LogP contribution in [0.1, 0.15) is 26.3 Å². The van der Waals surface area contributed by atoms with Crippen molar-refractivity contribution in [1.82, 2.24) is 5.43 Å². The number of urea groups is 1. The van der Waals surface area contributed by atoms with E-state index in [1.807, 2.05) is 6.92 Å². The van der Waals surface area contributed by atoms with Crippen molar-refractivity contribution in [1.29, 1.82) is 0 Å². The minimum absolute atomic E-state index is 0.357. The van der Waals surface area contributed by atoms with Gasteiger partial charge in [0.1, 0.15) is 0 Å². The summed E-state index contributed by atoms with van der Waals surface area (Å²) in [7, 11) is 0. The molecule has 0 heterocycles. The van der Waals surface area contributed by atoms with Crippen LogP contribution in [0.15, 0.2) is 41.5 Å². The van der Waals surface area contributed by atoms with Gasteiger partial charge in [-0.2, -0.15) is 5.10 Å². The van der Waals surface area contributed by atoms with Crippen molar-refractivity contribution in [2.45, 2.75) is 20.8 Å². The van der Waals surface area contributed by atoms with E-state index in [2.05, 4.69) is 29.7 Å². The molecular formula is C20H23Cl2N3O3. The summed E-state index contributed by atoms with van der Waals surface area (Å²) in [5.41, 5.74) is 3.66. The van der Waals surface area contributed by atoms with Crippen LogP contribution in [0.5, 0.6) is 11.5 Å². The van der Waals surface area contributed by atoms with Gasteiger partial charge < -0.3 is 14.8 Å². The molecule has 0 spiro atoms. The van der Waals surface area contributed by atoms with Gasteiger partial charge in [0.15, 0.2) is 11.5 Å². The summed E-state index contributed by atoms with van der Waals surface area (Å²) >= 11 is 12.2. The highest BCUT2D eigenvalue weighted by Crippen LogP contribution is 2.36. The highest BCUT2D eigenvalue weighted by Gasteiger charge is 2.13. The second-order valence-corrected chi connectivity index (χ2v) is 7.14. The molecule has 0 radical (unpaired) electrons. The number of hydrazone groups is 1. The number of hydrogen-bond donors (Lipinski definition) is 2. The van der Waals surface area contributed by atoms with Crippen LogP contribution in [0.25, 0.3) is 0 Å². The Kier molecular flexibility index (Phi) is 8.42. The molecule has 6 nitrogen and oxygen atoms in total. The van der Waals surface area contributed by atoms with Gasteiger partial charge in [0.25, 0.3) is 0 Å². The second-order valence-electron chi connectivity index (χ2n) is 6.30. The van der Waals surface area contributed by atoms with E-state index >= 15 is 0 Å². The van der Waals surface area contributed by atoms with Crippen molar-refractivity contribution < 1.29 is 14.3 Å². The van der Waals surface area contributed by atoms with Gasteiger partial charge >= 0.3 is 6.03 Å². The molecule has 0 aliphatic heterocycles. The van der Waals surface area contributed by atoms with Crippen molar-refractivity contribution in [3.05, 3.63) is 52.0 Å². The van der Waals surface area contributed by atoms with Gasteiger partial charge in [0, 0.05) is 10.7 Å². The largest absolute Gasteiger partial charge is 0.490 e. The lowest BCUT2D eigenvalue weighted by Crippen LogP contribution is -2.24. The zero-order valence-electron chi connectivity index (χ0n) is 16.0. The minimum atomic E-state index is -0.480. The van der Waals surface area contributed by atoms with Gasteiger partial charge in [-0.25, -0.2) is 10.2 Å². The molecule has 2 rings (SSSR count). The molecule has 2 aromatic rings. The molecule has 8 heteroatoms. The topological polar surface area (TPSA) is 72.0 Å². The Labute approximate surface area is 174 Å². The van der Waals surface area contributed by atoms with Crippen molar-refractivity contribution >= 4 is 41.1 Å².